The van der Waals surface area contributed by atoms with Crippen LogP contribution >= 0.6 is 23.2 Å². The van der Waals surface area contributed by atoms with Crippen molar-refractivity contribution in [3.63, 3.8) is 0 Å². The van der Waals surface area contributed by atoms with Crippen molar-refractivity contribution in [1.82, 2.24) is 24.5 Å². The van der Waals surface area contributed by atoms with E-state index < -0.39 is 0 Å². The predicted molar refractivity (Wildman–Crippen MR) is 74.7 cm³/mol. The van der Waals surface area contributed by atoms with Crippen LogP contribution in [0.25, 0.3) is 5.78 Å². The van der Waals surface area contributed by atoms with Crippen LogP contribution in [0, 0.1) is 0 Å². The molecule has 0 spiro atoms. The number of hydrogen-bond acceptors (Lipinski definition) is 5. The third-order valence-electron chi connectivity index (χ3n) is 2.77. The summed E-state index contributed by atoms with van der Waals surface area (Å²) in [6.07, 6.45) is 1.33. The fraction of sp³-hybridized carbons (Fsp3) is 0.500. The Hall–Kier alpha value is -1.31. The van der Waals surface area contributed by atoms with E-state index in [9.17, 15) is 4.79 Å². The van der Waals surface area contributed by atoms with Gasteiger partial charge in [0, 0.05) is 31.4 Å². The van der Waals surface area contributed by atoms with Gasteiger partial charge in [-0.15, -0.1) is 23.2 Å². The summed E-state index contributed by atoms with van der Waals surface area (Å²) in [5.41, 5.74) is 6.12. The maximum absolute atomic E-state index is 12.0. The number of alkyl halides is 2. The molecule has 2 aromatic rings. The van der Waals surface area contributed by atoms with Gasteiger partial charge in [-0.05, 0) is 0 Å². The summed E-state index contributed by atoms with van der Waals surface area (Å²) in [4.78, 5) is 20.5. The van der Waals surface area contributed by atoms with Crippen LogP contribution in [0.5, 0.6) is 0 Å². The lowest BCUT2D eigenvalue weighted by Gasteiger charge is -2.20. The molecule has 104 valence electrons. The number of fused-ring (bicyclic) bond motifs is 1. The summed E-state index contributed by atoms with van der Waals surface area (Å²) in [5.74, 6) is 1.53. The summed E-state index contributed by atoms with van der Waals surface area (Å²) >= 11 is 11.5. The van der Waals surface area contributed by atoms with Crippen LogP contribution in [0.3, 0.4) is 0 Å². The molecule has 7 nitrogen and oxygen atoms in total. The van der Waals surface area contributed by atoms with E-state index in [-0.39, 0.29) is 11.4 Å². The lowest BCUT2D eigenvalue weighted by Crippen LogP contribution is -2.32. The number of aromatic nitrogens is 4. The Labute approximate surface area is 119 Å². The van der Waals surface area contributed by atoms with Gasteiger partial charge in [0.25, 0.3) is 5.56 Å². The smallest absolute Gasteiger partial charge is 0.258 e. The van der Waals surface area contributed by atoms with E-state index in [1.807, 2.05) is 4.90 Å². The molecule has 2 rings (SSSR count). The molecular weight excluding hydrogens is 291 g/mol. The quantitative estimate of drug-likeness (QED) is 0.748. The van der Waals surface area contributed by atoms with Crippen molar-refractivity contribution in [3.8, 4) is 0 Å². The van der Waals surface area contributed by atoms with Crippen molar-refractivity contribution in [2.24, 2.45) is 0 Å². The van der Waals surface area contributed by atoms with Gasteiger partial charge >= 0.3 is 0 Å². The maximum atomic E-state index is 12.0. The maximum Gasteiger partial charge on any atom is 0.258 e. The summed E-state index contributed by atoms with van der Waals surface area (Å²) in [5, 5.41) is 3.96. The molecule has 0 unspecified atom stereocenters. The zero-order valence-electron chi connectivity index (χ0n) is 10.1. The van der Waals surface area contributed by atoms with Gasteiger partial charge in [0.05, 0.1) is 5.56 Å². The second-order valence-electron chi connectivity index (χ2n) is 3.97. The van der Waals surface area contributed by atoms with Crippen LogP contribution in [0.15, 0.2) is 11.1 Å². The Morgan fingerprint density at radius 3 is 2.68 bits per heavy atom. The molecule has 19 heavy (non-hydrogen) atoms. The van der Waals surface area contributed by atoms with Gasteiger partial charge in [0.1, 0.15) is 12.1 Å². The monoisotopic (exact) mass is 304 g/mol. The van der Waals surface area contributed by atoms with Gasteiger partial charge in [0.15, 0.2) is 0 Å². The van der Waals surface area contributed by atoms with E-state index in [0.29, 0.717) is 42.7 Å². The Morgan fingerprint density at radius 1 is 1.37 bits per heavy atom. The fourth-order valence-corrected chi connectivity index (χ4v) is 2.29. The van der Waals surface area contributed by atoms with E-state index in [2.05, 4.69) is 15.1 Å². The van der Waals surface area contributed by atoms with Crippen molar-refractivity contribution >= 4 is 34.8 Å². The van der Waals surface area contributed by atoms with Crippen LogP contribution in [0.1, 0.15) is 5.56 Å². The van der Waals surface area contributed by atoms with Gasteiger partial charge < -0.3 is 5.73 Å². The number of nitrogens with two attached hydrogens (primary N) is 1. The molecule has 0 saturated carbocycles. The van der Waals surface area contributed by atoms with Crippen LogP contribution in [0.4, 0.5) is 5.82 Å². The minimum absolute atomic E-state index is 0.271. The SMILES string of the molecule is Nc1c(CN(CCCl)CCCl)c(=O)[nH]c2ncnn12. The van der Waals surface area contributed by atoms with E-state index in [1.165, 1.54) is 10.8 Å². The normalized spacial score (nSPS) is 11.5. The first-order valence-electron chi connectivity index (χ1n) is 5.72. The number of nitrogen functional groups attached to an aromatic ring is 1. The number of H-pyrrole nitrogens is 1. The molecule has 3 N–H and O–H groups in total. The molecule has 0 aliphatic heterocycles. The average Bonchev–Trinajstić information content (AvgIpc) is 2.83. The molecule has 0 aliphatic rings. The topological polar surface area (TPSA) is 92.3 Å². The largest absolute Gasteiger partial charge is 0.383 e. The molecule has 0 radical (unpaired) electrons. The van der Waals surface area contributed by atoms with Gasteiger partial charge in [0.2, 0.25) is 5.78 Å². The first-order chi connectivity index (χ1) is 9.17. The highest BCUT2D eigenvalue weighted by Crippen LogP contribution is 2.10. The van der Waals surface area contributed by atoms with Crippen molar-refractivity contribution in [1.29, 1.82) is 0 Å². The first kappa shape index (κ1) is 14.1. The van der Waals surface area contributed by atoms with Gasteiger partial charge in [-0.25, -0.2) is 0 Å². The third kappa shape index (κ3) is 2.99. The minimum Gasteiger partial charge on any atom is -0.383 e. The number of aromatic amines is 1. The van der Waals surface area contributed by atoms with E-state index >= 15 is 0 Å². The lowest BCUT2D eigenvalue weighted by molar-refractivity contribution is 0.298. The van der Waals surface area contributed by atoms with Crippen LogP contribution < -0.4 is 11.3 Å². The highest BCUT2D eigenvalue weighted by molar-refractivity contribution is 6.18. The zero-order chi connectivity index (χ0) is 13.8. The van der Waals surface area contributed by atoms with Gasteiger partial charge in [-0.1, -0.05) is 0 Å². The fourth-order valence-electron chi connectivity index (χ4n) is 1.81. The number of nitrogens with one attached hydrogen (secondary N) is 1. The minimum atomic E-state index is -0.271. The summed E-state index contributed by atoms with van der Waals surface area (Å²) in [7, 11) is 0. The predicted octanol–water partition coefficient (Wildman–Crippen LogP) is 0.279. The highest BCUT2D eigenvalue weighted by atomic mass is 35.5. The van der Waals surface area contributed by atoms with Gasteiger partial charge in [-0.3, -0.25) is 14.7 Å². The molecule has 2 heterocycles. The molecule has 0 amide bonds. The van der Waals surface area contributed by atoms with Crippen molar-refractivity contribution in [3.05, 3.63) is 22.2 Å². The molecular formula is C10H14Cl2N6O. The average molecular weight is 305 g/mol. The van der Waals surface area contributed by atoms with Crippen molar-refractivity contribution in [2.75, 3.05) is 30.6 Å². The van der Waals surface area contributed by atoms with Crippen LogP contribution in [-0.2, 0) is 6.54 Å². The molecule has 2 aromatic heterocycles. The molecule has 0 saturated heterocycles. The van der Waals surface area contributed by atoms with Gasteiger partial charge in [-0.2, -0.15) is 14.6 Å². The number of halogens is 2. The standard InChI is InChI=1S/C10H14Cl2N6O/c11-1-3-17(4-2-12)5-7-8(13)18-10(14-6-15-18)16-9(7)19/h6H,1-5,13H2,(H,14,15,16,19). The lowest BCUT2D eigenvalue weighted by atomic mass is 10.2. The Kier molecular flexibility index (Phi) is 4.62. The van der Waals surface area contributed by atoms with Crippen LogP contribution in [-0.4, -0.2) is 49.3 Å². The molecule has 0 aliphatic carbocycles. The highest BCUT2D eigenvalue weighted by Gasteiger charge is 2.14. The number of anilines is 1. The van der Waals surface area contributed by atoms with Crippen molar-refractivity contribution < 1.29 is 0 Å². The van der Waals surface area contributed by atoms with E-state index in [0.717, 1.165) is 0 Å². The van der Waals surface area contributed by atoms with E-state index in [1.54, 1.807) is 0 Å². The second-order valence-corrected chi connectivity index (χ2v) is 4.72. The third-order valence-corrected chi connectivity index (χ3v) is 3.11. The number of rotatable bonds is 6. The Morgan fingerprint density at radius 2 is 2.05 bits per heavy atom. The number of nitrogens with zero attached hydrogens (tertiary/aromatic N) is 4. The summed E-state index contributed by atoms with van der Waals surface area (Å²) in [6.45, 7) is 1.63. The molecule has 9 heteroatoms. The summed E-state index contributed by atoms with van der Waals surface area (Å²) in [6, 6.07) is 0. The number of hydrogen-bond donors (Lipinski definition) is 2. The zero-order valence-corrected chi connectivity index (χ0v) is 11.7. The molecule has 0 fully saturated rings. The Bertz CT molecular complexity index is 604. The molecule has 0 atom stereocenters. The Balaban J connectivity index is 2.35. The molecule has 0 bridgehead atoms. The molecule has 0 aromatic carbocycles. The van der Waals surface area contributed by atoms with E-state index in [4.69, 9.17) is 28.9 Å². The summed E-state index contributed by atoms with van der Waals surface area (Å²) < 4.78 is 1.40. The first-order valence-corrected chi connectivity index (χ1v) is 6.79. The van der Waals surface area contributed by atoms with Crippen LogP contribution in [0.2, 0.25) is 0 Å². The van der Waals surface area contributed by atoms with Crippen molar-refractivity contribution in [2.45, 2.75) is 6.54 Å². The second kappa shape index (κ2) is 6.23.